The van der Waals surface area contributed by atoms with Gasteiger partial charge in [-0.15, -0.1) is 0 Å². The van der Waals surface area contributed by atoms with Crippen LogP contribution in [0, 0.1) is 6.92 Å². The summed E-state index contributed by atoms with van der Waals surface area (Å²) in [5.41, 5.74) is 14.1. The molecule has 0 unspecified atom stereocenters. The minimum Gasteiger partial charge on any atom is -0.0958 e. The molecule has 2 aliphatic rings. The summed E-state index contributed by atoms with van der Waals surface area (Å²) in [4.78, 5) is 0. The molecule has 2 aromatic rings. The molecule has 4 rings (SSSR count). The second-order valence-electron chi connectivity index (χ2n) is 8.61. The highest BCUT2D eigenvalue weighted by molar-refractivity contribution is 5.86. The maximum Gasteiger partial charge on any atom is 0.0210 e. The zero-order valence-corrected chi connectivity index (χ0v) is 17.8. The third kappa shape index (κ3) is 2.92. The molecular formula is C28H30. The molecule has 0 nitrogen and oxygen atoms in total. The lowest BCUT2D eigenvalue weighted by Crippen LogP contribution is -2.09. The van der Waals surface area contributed by atoms with Gasteiger partial charge in [-0.2, -0.15) is 0 Å². The van der Waals surface area contributed by atoms with Crippen LogP contribution in [0.15, 0.2) is 66.3 Å². The fraction of sp³-hybridized carbons (Fsp3) is 0.286. The van der Waals surface area contributed by atoms with Gasteiger partial charge in [-0.25, -0.2) is 0 Å². The van der Waals surface area contributed by atoms with E-state index in [4.69, 9.17) is 0 Å². The summed E-state index contributed by atoms with van der Waals surface area (Å²) in [5, 5.41) is 0. The Kier molecular flexibility index (Phi) is 4.75. The summed E-state index contributed by atoms with van der Waals surface area (Å²) in [6, 6.07) is 8.94. The van der Waals surface area contributed by atoms with Crippen molar-refractivity contribution >= 4 is 6.08 Å². The number of fused-ring (bicyclic) bond motifs is 3. The first kappa shape index (κ1) is 18.7. The Morgan fingerprint density at radius 3 is 2.43 bits per heavy atom. The minimum absolute atomic E-state index is 0.373. The zero-order valence-electron chi connectivity index (χ0n) is 17.8. The SMILES string of the molecule is C=C(C)C(C)=Cc1c(C)c2c(c(C3C=CC=C3)c1C(C)C)Cc1ccccc1-2. The fourth-order valence-corrected chi connectivity index (χ4v) is 4.82. The highest BCUT2D eigenvalue weighted by atomic mass is 14.3. The van der Waals surface area contributed by atoms with Crippen molar-refractivity contribution in [3.05, 3.63) is 99.7 Å². The van der Waals surface area contributed by atoms with Crippen molar-refractivity contribution in [1.82, 2.24) is 0 Å². The number of rotatable bonds is 4. The summed E-state index contributed by atoms with van der Waals surface area (Å²) in [6.45, 7) is 15.4. The maximum atomic E-state index is 4.17. The first-order valence-corrected chi connectivity index (χ1v) is 10.4. The Hall–Kier alpha value is -2.60. The smallest absolute Gasteiger partial charge is 0.0210 e. The van der Waals surface area contributed by atoms with Gasteiger partial charge in [0.05, 0.1) is 0 Å². The van der Waals surface area contributed by atoms with E-state index in [2.05, 4.69) is 95.8 Å². The fourth-order valence-electron chi connectivity index (χ4n) is 4.82. The van der Waals surface area contributed by atoms with E-state index in [1.165, 1.54) is 50.1 Å². The van der Waals surface area contributed by atoms with Crippen molar-refractivity contribution in [2.24, 2.45) is 0 Å². The van der Waals surface area contributed by atoms with Gasteiger partial charge in [0.25, 0.3) is 0 Å². The third-order valence-electron chi connectivity index (χ3n) is 6.33. The van der Waals surface area contributed by atoms with Gasteiger partial charge in [-0.3, -0.25) is 0 Å². The summed E-state index contributed by atoms with van der Waals surface area (Å²) >= 11 is 0. The summed E-state index contributed by atoms with van der Waals surface area (Å²) in [5.74, 6) is 0.840. The number of hydrogen-bond acceptors (Lipinski definition) is 0. The quantitative estimate of drug-likeness (QED) is 0.412. The second kappa shape index (κ2) is 7.09. The van der Waals surface area contributed by atoms with Crippen molar-refractivity contribution in [1.29, 1.82) is 0 Å². The Balaban J connectivity index is 2.11. The molecule has 142 valence electrons. The van der Waals surface area contributed by atoms with Crippen LogP contribution in [-0.2, 0) is 6.42 Å². The van der Waals surface area contributed by atoms with Crippen LogP contribution in [-0.4, -0.2) is 0 Å². The first-order chi connectivity index (χ1) is 13.4. The highest BCUT2D eigenvalue weighted by Crippen LogP contribution is 2.48. The molecule has 0 spiro atoms. The summed E-state index contributed by atoms with van der Waals surface area (Å²) in [6.07, 6.45) is 12.5. The summed E-state index contributed by atoms with van der Waals surface area (Å²) in [7, 11) is 0. The molecule has 0 heteroatoms. The molecule has 0 aliphatic heterocycles. The van der Waals surface area contributed by atoms with E-state index in [9.17, 15) is 0 Å². The molecule has 0 saturated carbocycles. The van der Waals surface area contributed by atoms with Gasteiger partial charge in [0.2, 0.25) is 0 Å². The molecule has 0 fully saturated rings. The van der Waals surface area contributed by atoms with Crippen LogP contribution in [0.5, 0.6) is 0 Å². The van der Waals surface area contributed by atoms with E-state index >= 15 is 0 Å². The van der Waals surface area contributed by atoms with Crippen molar-refractivity contribution in [3.63, 3.8) is 0 Å². The highest BCUT2D eigenvalue weighted by Gasteiger charge is 2.30. The van der Waals surface area contributed by atoms with E-state index in [1.807, 2.05) is 0 Å². The van der Waals surface area contributed by atoms with Crippen molar-refractivity contribution in [2.75, 3.05) is 0 Å². The molecule has 2 aromatic carbocycles. The van der Waals surface area contributed by atoms with Gasteiger partial charge < -0.3 is 0 Å². The predicted octanol–water partition coefficient (Wildman–Crippen LogP) is 7.88. The molecule has 0 bridgehead atoms. The van der Waals surface area contributed by atoms with E-state index in [1.54, 1.807) is 0 Å². The van der Waals surface area contributed by atoms with E-state index in [0.29, 0.717) is 11.8 Å². The summed E-state index contributed by atoms with van der Waals surface area (Å²) < 4.78 is 0. The van der Waals surface area contributed by atoms with Crippen LogP contribution in [0.2, 0.25) is 0 Å². The van der Waals surface area contributed by atoms with Crippen LogP contribution < -0.4 is 0 Å². The van der Waals surface area contributed by atoms with Crippen LogP contribution >= 0.6 is 0 Å². The van der Waals surface area contributed by atoms with Gasteiger partial charge in [0, 0.05) is 5.92 Å². The Bertz CT molecular complexity index is 1040. The monoisotopic (exact) mass is 366 g/mol. The lowest BCUT2D eigenvalue weighted by atomic mass is 9.78. The average Bonchev–Trinajstić information content (AvgIpc) is 3.30. The molecule has 28 heavy (non-hydrogen) atoms. The third-order valence-corrected chi connectivity index (χ3v) is 6.33. The van der Waals surface area contributed by atoms with Gasteiger partial charge >= 0.3 is 0 Å². The molecule has 0 saturated heterocycles. The number of allylic oxidation sites excluding steroid dienone is 6. The Labute approximate surface area is 170 Å². The standard InChI is InChI=1S/C28H30/c1-17(2)19(5)15-24-20(6)27-23-14-10-9-13-22(23)16-25(27)28(26(24)18(3)4)21-11-7-8-12-21/h7-15,18,21H,1,16H2,2-6H3. The number of hydrogen-bond donors (Lipinski definition) is 0. The van der Waals surface area contributed by atoms with Crippen molar-refractivity contribution < 1.29 is 0 Å². The molecule has 0 amide bonds. The van der Waals surface area contributed by atoms with E-state index < -0.39 is 0 Å². The lowest BCUT2D eigenvalue weighted by molar-refractivity contribution is 0.829. The molecule has 0 aromatic heterocycles. The molecule has 0 radical (unpaired) electrons. The zero-order chi connectivity index (χ0) is 20.0. The van der Waals surface area contributed by atoms with E-state index in [0.717, 1.165) is 12.0 Å². The average molecular weight is 367 g/mol. The van der Waals surface area contributed by atoms with Crippen LogP contribution in [0.3, 0.4) is 0 Å². The maximum absolute atomic E-state index is 4.17. The Morgan fingerprint density at radius 1 is 1.11 bits per heavy atom. The largest absolute Gasteiger partial charge is 0.0958 e. The predicted molar refractivity (Wildman–Crippen MR) is 123 cm³/mol. The van der Waals surface area contributed by atoms with Crippen LogP contribution in [0.4, 0.5) is 0 Å². The molecule has 0 heterocycles. The van der Waals surface area contributed by atoms with Gasteiger partial charge in [0.1, 0.15) is 0 Å². The Morgan fingerprint density at radius 2 is 1.79 bits per heavy atom. The molecule has 0 atom stereocenters. The van der Waals surface area contributed by atoms with Gasteiger partial charge in [-0.1, -0.05) is 80.6 Å². The van der Waals surface area contributed by atoms with Crippen molar-refractivity contribution in [3.8, 4) is 11.1 Å². The van der Waals surface area contributed by atoms with Crippen molar-refractivity contribution in [2.45, 2.75) is 52.9 Å². The van der Waals surface area contributed by atoms with E-state index in [-0.39, 0.29) is 0 Å². The van der Waals surface area contributed by atoms with Crippen LogP contribution in [0.1, 0.15) is 72.9 Å². The number of benzene rings is 2. The minimum atomic E-state index is 0.373. The first-order valence-electron chi connectivity index (χ1n) is 10.4. The molecular weight excluding hydrogens is 336 g/mol. The van der Waals surface area contributed by atoms with Gasteiger partial charge in [-0.05, 0) is 83.2 Å². The normalized spacial score (nSPS) is 15.4. The topological polar surface area (TPSA) is 0 Å². The van der Waals surface area contributed by atoms with Gasteiger partial charge in [0.15, 0.2) is 0 Å². The second-order valence-corrected chi connectivity index (χ2v) is 8.61. The molecule has 2 aliphatic carbocycles. The molecule has 0 N–H and O–H groups in total. The van der Waals surface area contributed by atoms with Crippen LogP contribution in [0.25, 0.3) is 17.2 Å². The lowest BCUT2D eigenvalue weighted by Gasteiger charge is -2.26.